The van der Waals surface area contributed by atoms with Crippen LogP contribution in [0.25, 0.3) is 0 Å². The Morgan fingerprint density at radius 3 is 2.18 bits per heavy atom. The number of aliphatic imine (C=N–C) groups is 1. The highest BCUT2D eigenvalue weighted by atomic mass is 16.5. The fourth-order valence-electron chi connectivity index (χ4n) is 3.07. The molecule has 1 heterocycles. The highest BCUT2D eigenvalue weighted by molar-refractivity contribution is 5.87. The number of carbonyl (C=O) groups excluding carboxylic acids is 1. The minimum absolute atomic E-state index is 0.394. The quantitative estimate of drug-likeness (QED) is 0.619. The van der Waals surface area contributed by atoms with Crippen molar-refractivity contribution in [3.05, 3.63) is 89.5 Å². The van der Waals surface area contributed by atoms with Gasteiger partial charge < -0.3 is 19.6 Å². The first-order chi connectivity index (χ1) is 13.8. The molecule has 0 spiro atoms. The number of carbonyl (C=O) groups is 1. The first-order valence-electron chi connectivity index (χ1n) is 9.08. The Balaban J connectivity index is 1.60. The summed E-state index contributed by atoms with van der Waals surface area (Å²) in [6.07, 6.45) is 2.35. The Labute approximate surface area is 163 Å². The summed E-state index contributed by atoms with van der Waals surface area (Å²) >= 11 is 0. The molecule has 1 aliphatic heterocycles. The van der Waals surface area contributed by atoms with Gasteiger partial charge in [-0.05, 0) is 11.1 Å². The van der Waals surface area contributed by atoms with Crippen molar-refractivity contribution in [1.82, 2.24) is 0 Å². The zero-order chi connectivity index (χ0) is 19.2. The van der Waals surface area contributed by atoms with Crippen molar-refractivity contribution in [3.8, 4) is 11.5 Å². The van der Waals surface area contributed by atoms with Gasteiger partial charge in [-0.3, -0.25) is 4.99 Å². The second-order valence-electron chi connectivity index (χ2n) is 6.43. The molecular weight excluding hydrogens is 352 g/mol. The lowest BCUT2D eigenvalue weighted by Gasteiger charge is -2.22. The maximum absolute atomic E-state index is 11.5. The molecular formula is C23H20N2O3. The first kappa shape index (κ1) is 17.8. The van der Waals surface area contributed by atoms with Crippen molar-refractivity contribution in [2.24, 2.45) is 4.99 Å². The van der Waals surface area contributed by atoms with Crippen molar-refractivity contribution in [2.45, 2.75) is 19.3 Å². The SMILES string of the molecule is O=CC1N=CNc2cc(OCc3ccccc3)cc(OCc3ccccc3)c21. The van der Waals surface area contributed by atoms with Gasteiger partial charge in [-0.2, -0.15) is 0 Å². The van der Waals surface area contributed by atoms with Crippen molar-refractivity contribution >= 4 is 18.3 Å². The average molecular weight is 372 g/mol. The summed E-state index contributed by atoms with van der Waals surface area (Å²) in [7, 11) is 0. The summed E-state index contributed by atoms with van der Waals surface area (Å²) in [5, 5.41) is 3.09. The zero-order valence-electron chi connectivity index (χ0n) is 15.2. The van der Waals surface area contributed by atoms with Gasteiger partial charge in [-0.1, -0.05) is 60.7 Å². The monoisotopic (exact) mass is 372 g/mol. The molecule has 3 aromatic rings. The van der Waals surface area contributed by atoms with Crippen molar-refractivity contribution < 1.29 is 14.3 Å². The van der Waals surface area contributed by atoms with Gasteiger partial charge in [-0.25, -0.2) is 0 Å². The third-order valence-corrected chi connectivity index (χ3v) is 4.48. The van der Waals surface area contributed by atoms with Crippen LogP contribution in [0, 0.1) is 0 Å². The molecule has 5 nitrogen and oxygen atoms in total. The smallest absolute Gasteiger partial charge is 0.149 e. The normalized spacial score (nSPS) is 14.6. The Morgan fingerprint density at radius 1 is 0.893 bits per heavy atom. The third kappa shape index (κ3) is 4.04. The van der Waals surface area contributed by atoms with Crippen LogP contribution in [-0.2, 0) is 18.0 Å². The lowest BCUT2D eigenvalue weighted by molar-refractivity contribution is -0.108. The Morgan fingerprint density at radius 2 is 1.54 bits per heavy atom. The molecule has 3 aromatic carbocycles. The fourth-order valence-corrected chi connectivity index (χ4v) is 3.07. The second kappa shape index (κ2) is 8.39. The number of anilines is 1. The van der Waals surface area contributed by atoms with E-state index in [9.17, 15) is 4.79 Å². The van der Waals surface area contributed by atoms with Crippen molar-refractivity contribution in [3.63, 3.8) is 0 Å². The minimum atomic E-state index is -0.592. The number of benzene rings is 3. The molecule has 1 aliphatic rings. The summed E-state index contributed by atoms with van der Waals surface area (Å²) in [6.45, 7) is 0.841. The summed E-state index contributed by atoms with van der Waals surface area (Å²) in [4.78, 5) is 15.7. The number of rotatable bonds is 7. The van der Waals surface area contributed by atoms with E-state index in [1.807, 2.05) is 72.8 Å². The summed E-state index contributed by atoms with van der Waals surface area (Å²) in [6, 6.07) is 22.9. The van der Waals surface area contributed by atoms with E-state index in [0.29, 0.717) is 24.7 Å². The molecule has 1 N–H and O–H groups in total. The maximum atomic E-state index is 11.5. The topological polar surface area (TPSA) is 59.9 Å². The standard InChI is InChI=1S/C23H20N2O3/c26-13-21-23-20(24-16-25-21)11-19(27-14-17-7-3-1-4-8-17)12-22(23)28-15-18-9-5-2-6-10-18/h1-13,16,21H,14-15H2,(H,24,25). The molecule has 0 aliphatic carbocycles. The predicted octanol–water partition coefficient (Wildman–Crippen LogP) is 4.54. The number of ether oxygens (including phenoxy) is 2. The molecule has 0 aromatic heterocycles. The lowest BCUT2D eigenvalue weighted by Crippen LogP contribution is -2.14. The van der Waals surface area contributed by atoms with Crippen LogP contribution in [0.4, 0.5) is 5.69 Å². The first-order valence-corrected chi connectivity index (χ1v) is 9.08. The predicted molar refractivity (Wildman–Crippen MR) is 109 cm³/mol. The number of nitrogens with one attached hydrogen (secondary N) is 1. The van der Waals surface area contributed by atoms with Crippen LogP contribution in [0.15, 0.2) is 77.8 Å². The summed E-state index contributed by atoms with van der Waals surface area (Å²) in [5.41, 5.74) is 3.61. The van der Waals surface area contributed by atoms with Gasteiger partial charge in [0.25, 0.3) is 0 Å². The number of nitrogens with zero attached hydrogens (tertiary/aromatic N) is 1. The number of aldehydes is 1. The van der Waals surface area contributed by atoms with Crippen LogP contribution >= 0.6 is 0 Å². The Kier molecular flexibility index (Phi) is 5.33. The van der Waals surface area contributed by atoms with Crippen LogP contribution in [0.5, 0.6) is 11.5 Å². The minimum Gasteiger partial charge on any atom is -0.489 e. The van der Waals surface area contributed by atoms with Crippen molar-refractivity contribution in [2.75, 3.05) is 5.32 Å². The number of fused-ring (bicyclic) bond motifs is 1. The fraction of sp³-hybridized carbons (Fsp3) is 0.130. The van der Waals surface area contributed by atoms with Crippen LogP contribution in [-0.4, -0.2) is 12.6 Å². The number of hydrogen-bond donors (Lipinski definition) is 1. The van der Waals surface area contributed by atoms with Gasteiger partial charge in [0.1, 0.15) is 37.0 Å². The summed E-state index contributed by atoms with van der Waals surface area (Å²) in [5.74, 6) is 1.25. The Hall–Kier alpha value is -3.60. The lowest BCUT2D eigenvalue weighted by atomic mass is 10.0. The molecule has 0 fully saturated rings. The van der Waals surface area contributed by atoms with Crippen LogP contribution in [0.3, 0.4) is 0 Å². The van der Waals surface area contributed by atoms with E-state index < -0.39 is 6.04 Å². The van der Waals surface area contributed by atoms with E-state index in [0.717, 1.165) is 28.7 Å². The Bertz CT molecular complexity index is 972. The van der Waals surface area contributed by atoms with Crippen LogP contribution in [0.2, 0.25) is 0 Å². The van der Waals surface area contributed by atoms with E-state index in [1.54, 1.807) is 0 Å². The molecule has 0 amide bonds. The summed E-state index contributed by atoms with van der Waals surface area (Å²) < 4.78 is 12.0. The van der Waals surface area contributed by atoms with Gasteiger partial charge in [-0.15, -0.1) is 0 Å². The van der Waals surface area contributed by atoms with Gasteiger partial charge in [0.15, 0.2) is 0 Å². The average Bonchev–Trinajstić information content (AvgIpc) is 2.77. The zero-order valence-corrected chi connectivity index (χ0v) is 15.2. The molecule has 0 saturated carbocycles. The molecule has 1 atom stereocenters. The van der Waals surface area contributed by atoms with Gasteiger partial charge in [0.05, 0.1) is 12.0 Å². The molecule has 140 valence electrons. The third-order valence-electron chi connectivity index (χ3n) is 4.48. The highest BCUT2D eigenvalue weighted by Crippen LogP contribution is 2.39. The van der Waals surface area contributed by atoms with Gasteiger partial charge in [0, 0.05) is 17.7 Å². The van der Waals surface area contributed by atoms with E-state index in [2.05, 4.69) is 10.3 Å². The molecule has 0 bridgehead atoms. The van der Waals surface area contributed by atoms with E-state index >= 15 is 0 Å². The molecule has 5 heteroatoms. The van der Waals surface area contributed by atoms with E-state index in [4.69, 9.17) is 9.47 Å². The van der Waals surface area contributed by atoms with Gasteiger partial charge in [0.2, 0.25) is 0 Å². The van der Waals surface area contributed by atoms with Crippen LogP contribution in [0.1, 0.15) is 22.7 Å². The molecule has 28 heavy (non-hydrogen) atoms. The largest absolute Gasteiger partial charge is 0.489 e. The van der Waals surface area contributed by atoms with E-state index in [1.165, 1.54) is 6.34 Å². The molecule has 0 saturated heterocycles. The number of hydrogen-bond acceptors (Lipinski definition) is 5. The van der Waals surface area contributed by atoms with E-state index in [-0.39, 0.29) is 0 Å². The molecule has 0 radical (unpaired) electrons. The highest BCUT2D eigenvalue weighted by Gasteiger charge is 2.23. The van der Waals surface area contributed by atoms with Crippen molar-refractivity contribution in [1.29, 1.82) is 0 Å². The van der Waals surface area contributed by atoms with Crippen LogP contribution < -0.4 is 14.8 Å². The maximum Gasteiger partial charge on any atom is 0.149 e. The van der Waals surface area contributed by atoms with Gasteiger partial charge >= 0.3 is 0 Å². The molecule has 4 rings (SSSR count). The molecule has 1 unspecified atom stereocenters. The second-order valence-corrected chi connectivity index (χ2v) is 6.43.